The van der Waals surface area contributed by atoms with Gasteiger partial charge in [0.2, 0.25) is 0 Å². The molecule has 0 aliphatic heterocycles. The second-order valence-electron chi connectivity index (χ2n) is 3.73. The monoisotopic (exact) mass is 357 g/mol. The van der Waals surface area contributed by atoms with Crippen molar-refractivity contribution < 1.29 is 0 Å². The quantitative estimate of drug-likeness (QED) is 0.517. The molecule has 0 bridgehead atoms. The van der Waals surface area contributed by atoms with E-state index in [1.807, 2.05) is 36.4 Å². The number of benzene rings is 2. The van der Waals surface area contributed by atoms with Gasteiger partial charge in [-0.3, -0.25) is 0 Å². The zero-order valence-corrected chi connectivity index (χ0v) is 12.9. The lowest BCUT2D eigenvalue weighted by Crippen LogP contribution is -1.80. The van der Waals surface area contributed by atoms with Crippen molar-refractivity contribution in [3.05, 3.63) is 50.9 Å². The van der Waals surface area contributed by atoms with Crippen LogP contribution in [0.2, 0.25) is 10.0 Å². The lowest BCUT2D eigenvalue weighted by molar-refractivity contribution is 1.46. The van der Waals surface area contributed by atoms with Gasteiger partial charge in [-0.2, -0.15) is 0 Å². The third-order valence-corrected chi connectivity index (χ3v) is 4.77. The van der Waals surface area contributed by atoms with E-state index in [9.17, 15) is 0 Å². The van der Waals surface area contributed by atoms with E-state index in [1.54, 1.807) is 11.3 Å². The van der Waals surface area contributed by atoms with Crippen LogP contribution in [0.4, 0.5) is 0 Å². The molecule has 0 N–H and O–H groups in total. The highest BCUT2D eigenvalue weighted by molar-refractivity contribution is 9.10. The Kier molecular flexibility index (Phi) is 3.32. The molecule has 90 valence electrons. The zero-order valence-electron chi connectivity index (χ0n) is 8.95. The van der Waals surface area contributed by atoms with Gasteiger partial charge in [0.1, 0.15) is 5.01 Å². The van der Waals surface area contributed by atoms with Crippen molar-refractivity contribution in [1.29, 1.82) is 0 Å². The maximum atomic E-state index is 6.23. The number of fused-ring (bicyclic) bond motifs is 1. The lowest BCUT2D eigenvalue weighted by atomic mass is 10.2. The number of rotatable bonds is 1. The van der Waals surface area contributed by atoms with Crippen LogP contribution in [-0.2, 0) is 0 Å². The van der Waals surface area contributed by atoms with E-state index in [0.29, 0.717) is 5.02 Å². The van der Waals surface area contributed by atoms with E-state index in [2.05, 4.69) is 20.9 Å². The molecule has 0 fully saturated rings. The highest BCUT2D eigenvalue weighted by Crippen LogP contribution is 2.39. The number of thiazole rings is 1. The Morgan fingerprint density at radius 2 is 1.94 bits per heavy atom. The van der Waals surface area contributed by atoms with Crippen LogP contribution >= 0.6 is 50.5 Å². The number of nitrogens with zero attached hydrogens (tertiary/aromatic N) is 1. The Morgan fingerprint density at radius 3 is 2.72 bits per heavy atom. The average Bonchev–Trinajstić information content (AvgIpc) is 2.71. The van der Waals surface area contributed by atoms with E-state index in [4.69, 9.17) is 23.2 Å². The van der Waals surface area contributed by atoms with Crippen molar-refractivity contribution >= 4 is 60.7 Å². The minimum absolute atomic E-state index is 0.689. The van der Waals surface area contributed by atoms with Crippen molar-refractivity contribution in [2.24, 2.45) is 0 Å². The standard InChI is InChI=1S/C13H6BrCl2NS/c14-8-2-1-3-9(16)12(8)13-17-10-5-4-7(15)6-11(10)18-13/h1-6H. The van der Waals surface area contributed by atoms with Gasteiger partial charge in [0.25, 0.3) is 0 Å². The van der Waals surface area contributed by atoms with Crippen LogP contribution in [0.5, 0.6) is 0 Å². The van der Waals surface area contributed by atoms with Crippen LogP contribution < -0.4 is 0 Å². The molecule has 0 saturated carbocycles. The van der Waals surface area contributed by atoms with Crippen molar-refractivity contribution in [1.82, 2.24) is 4.98 Å². The van der Waals surface area contributed by atoms with Crippen molar-refractivity contribution in [2.45, 2.75) is 0 Å². The fourth-order valence-electron chi connectivity index (χ4n) is 1.71. The molecule has 3 aromatic rings. The van der Waals surface area contributed by atoms with Crippen molar-refractivity contribution in [3.63, 3.8) is 0 Å². The second kappa shape index (κ2) is 4.82. The highest BCUT2D eigenvalue weighted by Gasteiger charge is 2.12. The normalized spacial score (nSPS) is 11.1. The predicted molar refractivity (Wildman–Crippen MR) is 82.8 cm³/mol. The molecular formula is C13H6BrCl2NS. The maximum absolute atomic E-state index is 6.23. The Balaban J connectivity index is 2.26. The van der Waals surface area contributed by atoms with Crippen LogP contribution in [0, 0.1) is 0 Å². The summed E-state index contributed by atoms with van der Waals surface area (Å²) < 4.78 is 2.00. The molecule has 0 amide bonds. The molecular weight excluding hydrogens is 353 g/mol. The molecule has 18 heavy (non-hydrogen) atoms. The Labute approximate surface area is 127 Å². The fraction of sp³-hybridized carbons (Fsp3) is 0. The first kappa shape index (κ1) is 12.4. The van der Waals surface area contributed by atoms with Gasteiger partial charge in [0.15, 0.2) is 0 Å². The molecule has 0 atom stereocenters. The fourth-order valence-corrected chi connectivity index (χ4v) is 4.14. The van der Waals surface area contributed by atoms with Gasteiger partial charge in [0.05, 0.1) is 15.2 Å². The SMILES string of the molecule is Clc1ccc2nc(-c3c(Cl)cccc3Br)sc2c1. The molecule has 1 heterocycles. The van der Waals surface area contributed by atoms with Gasteiger partial charge in [-0.1, -0.05) is 45.2 Å². The van der Waals surface area contributed by atoms with Crippen molar-refractivity contribution in [2.75, 3.05) is 0 Å². The molecule has 1 nitrogen and oxygen atoms in total. The number of halogens is 3. The summed E-state index contributed by atoms with van der Waals surface area (Å²) in [6.45, 7) is 0. The Hall–Kier alpha value is -0.610. The van der Waals surface area contributed by atoms with E-state index in [-0.39, 0.29) is 0 Å². The third kappa shape index (κ3) is 2.16. The summed E-state index contributed by atoms with van der Waals surface area (Å²) in [5.41, 5.74) is 1.86. The van der Waals surface area contributed by atoms with Gasteiger partial charge in [-0.25, -0.2) is 4.98 Å². The predicted octanol–water partition coefficient (Wildman–Crippen LogP) is 6.03. The first-order chi connectivity index (χ1) is 8.65. The maximum Gasteiger partial charge on any atom is 0.127 e. The van der Waals surface area contributed by atoms with Crippen LogP contribution in [-0.4, -0.2) is 4.98 Å². The summed E-state index contributed by atoms with van der Waals surface area (Å²) in [7, 11) is 0. The second-order valence-corrected chi connectivity index (χ2v) is 6.46. The molecule has 3 rings (SSSR count). The summed E-state index contributed by atoms with van der Waals surface area (Å²) in [5, 5.41) is 2.30. The number of hydrogen-bond donors (Lipinski definition) is 0. The molecule has 0 saturated heterocycles. The Morgan fingerprint density at radius 1 is 1.11 bits per heavy atom. The number of aromatic nitrogens is 1. The topological polar surface area (TPSA) is 12.9 Å². The van der Waals surface area contributed by atoms with Crippen LogP contribution in [0.3, 0.4) is 0 Å². The largest absolute Gasteiger partial charge is 0.236 e. The molecule has 0 aliphatic rings. The minimum Gasteiger partial charge on any atom is -0.236 e. The van der Waals surface area contributed by atoms with E-state index < -0.39 is 0 Å². The average molecular weight is 359 g/mol. The van der Waals surface area contributed by atoms with Gasteiger partial charge in [-0.05, 0) is 30.3 Å². The molecule has 0 spiro atoms. The minimum atomic E-state index is 0.689. The highest BCUT2D eigenvalue weighted by atomic mass is 79.9. The summed E-state index contributed by atoms with van der Waals surface area (Å²) in [6, 6.07) is 11.4. The molecule has 1 aromatic heterocycles. The van der Waals surface area contributed by atoms with Crippen LogP contribution in [0.1, 0.15) is 0 Å². The van der Waals surface area contributed by atoms with E-state index in [0.717, 1.165) is 30.3 Å². The summed E-state index contributed by atoms with van der Waals surface area (Å²) in [4.78, 5) is 4.59. The number of hydrogen-bond acceptors (Lipinski definition) is 2. The van der Waals surface area contributed by atoms with Crippen molar-refractivity contribution in [3.8, 4) is 10.6 Å². The first-order valence-corrected chi connectivity index (χ1v) is 7.52. The molecule has 0 unspecified atom stereocenters. The molecule has 2 aromatic carbocycles. The van der Waals surface area contributed by atoms with Gasteiger partial charge in [-0.15, -0.1) is 11.3 Å². The molecule has 5 heteroatoms. The smallest absolute Gasteiger partial charge is 0.127 e. The van der Waals surface area contributed by atoms with Gasteiger partial charge >= 0.3 is 0 Å². The summed E-state index contributed by atoms with van der Waals surface area (Å²) >= 11 is 17.3. The summed E-state index contributed by atoms with van der Waals surface area (Å²) in [6.07, 6.45) is 0. The van der Waals surface area contributed by atoms with Crippen LogP contribution in [0.15, 0.2) is 40.9 Å². The Bertz CT molecular complexity index is 719. The van der Waals surface area contributed by atoms with Gasteiger partial charge in [0, 0.05) is 15.1 Å². The van der Waals surface area contributed by atoms with E-state index in [1.165, 1.54) is 0 Å². The molecule has 0 aliphatic carbocycles. The van der Waals surface area contributed by atoms with Gasteiger partial charge < -0.3 is 0 Å². The van der Waals surface area contributed by atoms with Crippen LogP contribution in [0.25, 0.3) is 20.8 Å². The zero-order chi connectivity index (χ0) is 12.7. The summed E-state index contributed by atoms with van der Waals surface area (Å²) in [5.74, 6) is 0. The third-order valence-electron chi connectivity index (χ3n) is 2.53. The lowest BCUT2D eigenvalue weighted by Gasteiger charge is -2.02. The molecule has 0 radical (unpaired) electrons. The first-order valence-electron chi connectivity index (χ1n) is 5.15. The van der Waals surface area contributed by atoms with E-state index >= 15 is 0 Å².